The molecule has 1 N–H and O–H groups in total. The molecule has 42 valence electrons. The molecule has 0 saturated heterocycles. The number of hydrogen-bond acceptors (Lipinski definition) is 1. The Labute approximate surface area is 49.7 Å². The summed E-state index contributed by atoms with van der Waals surface area (Å²) in [6.45, 7) is 1.60. The summed E-state index contributed by atoms with van der Waals surface area (Å²) in [5.41, 5.74) is 0. The number of rotatable bonds is 0. The Balaban J connectivity index is 3.39. The van der Waals surface area contributed by atoms with Crippen molar-refractivity contribution in [1.29, 1.82) is 0 Å². The molecular weight excluding hydrogens is 100 g/mol. The van der Waals surface area contributed by atoms with E-state index in [1.807, 2.05) is 0 Å². The molecule has 0 fully saturated rings. The Kier molecular flexibility index (Phi) is 3.76. The van der Waals surface area contributed by atoms with Gasteiger partial charge in [-0.05, 0) is 6.92 Å². The van der Waals surface area contributed by atoms with E-state index in [1.54, 1.807) is 6.92 Å². The largest absolute Gasteiger partial charge is 0.381 e. The lowest BCUT2D eigenvalue weighted by molar-refractivity contribution is 0.253. The van der Waals surface area contributed by atoms with Gasteiger partial charge in [0.05, 0.1) is 6.42 Å². The highest BCUT2D eigenvalue weighted by atomic mass is 16.3. The van der Waals surface area contributed by atoms with Gasteiger partial charge in [0.1, 0.15) is 6.10 Å². The topological polar surface area (TPSA) is 20.2 Å². The Morgan fingerprint density at radius 2 is 2.38 bits per heavy atom. The summed E-state index contributed by atoms with van der Waals surface area (Å²) in [4.78, 5) is 0. The van der Waals surface area contributed by atoms with Crippen LogP contribution in [-0.2, 0) is 0 Å². The van der Waals surface area contributed by atoms with Gasteiger partial charge in [0, 0.05) is 0 Å². The highest BCUT2D eigenvalue weighted by Crippen LogP contribution is 1.74. The predicted octanol–water partition coefficient (Wildman–Crippen LogP) is 0.394. The molecule has 0 aromatic heterocycles. The van der Waals surface area contributed by atoms with Crippen LogP contribution in [0.5, 0.6) is 0 Å². The second-order valence-electron chi connectivity index (χ2n) is 1.38. The van der Waals surface area contributed by atoms with Gasteiger partial charge in [-0.3, -0.25) is 0 Å². The van der Waals surface area contributed by atoms with Crippen molar-refractivity contribution in [1.82, 2.24) is 0 Å². The number of aliphatic hydroxyl groups excluding tert-OH is 1. The number of aliphatic hydroxyl groups is 1. The highest BCUT2D eigenvalue weighted by molar-refractivity contribution is 5.09. The lowest BCUT2D eigenvalue weighted by atomic mass is 10.4. The Morgan fingerprint density at radius 1 is 1.75 bits per heavy atom. The molecule has 0 aromatic carbocycles. The van der Waals surface area contributed by atoms with Crippen LogP contribution in [0.2, 0.25) is 0 Å². The summed E-state index contributed by atoms with van der Waals surface area (Å²) in [6, 6.07) is 0. The second kappa shape index (κ2) is 4.24. The SMILES string of the molecule is C#CCC#C[C@@H](C)O. The zero-order valence-corrected chi connectivity index (χ0v) is 4.81. The van der Waals surface area contributed by atoms with Crippen LogP contribution < -0.4 is 0 Å². The molecular formula is C7H8O. The lowest BCUT2D eigenvalue weighted by Crippen LogP contribution is -1.91. The molecule has 1 atom stereocenters. The fraction of sp³-hybridized carbons (Fsp3) is 0.429. The quantitative estimate of drug-likeness (QED) is 0.445. The first kappa shape index (κ1) is 7.08. The van der Waals surface area contributed by atoms with E-state index in [9.17, 15) is 0 Å². The first-order valence-corrected chi connectivity index (χ1v) is 2.37. The average Bonchev–Trinajstić information content (AvgIpc) is 1.66. The summed E-state index contributed by atoms with van der Waals surface area (Å²) in [6.07, 6.45) is 4.75. The average molecular weight is 108 g/mol. The van der Waals surface area contributed by atoms with Crippen LogP contribution in [-0.4, -0.2) is 11.2 Å². The summed E-state index contributed by atoms with van der Waals surface area (Å²) in [7, 11) is 0. The molecule has 0 aliphatic carbocycles. The predicted molar refractivity (Wildman–Crippen MR) is 32.9 cm³/mol. The van der Waals surface area contributed by atoms with Crippen molar-refractivity contribution in [2.45, 2.75) is 19.4 Å². The molecule has 0 heterocycles. The Hall–Kier alpha value is -0.920. The maximum Gasteiger partial charge on any atom is 0.112 e. The molecule has 0 saturated carbocycles. The monoisotopic (exact) mass is 108 g/mol. The lowest BCUT2D eigenvalue weighted by Gasteiger charge is -1.83. The van der Waals surface area contributed by atoms with Crippen LogP contribution in [0.15, 0.2) is 0 Å². The van der Waals surface area contributed by atoms with Crippen molar-refractivity contribution in [3.8, 4) is 24.2 Å². The van der Waals surface area contributed by atoms with Crippen LogP contribution in [0.25, 0.3) is 0 Å². The van der Waals surface area contributed by atoms with Gasteiger partial charge in [-0.25, -0.2) is 0 Å². The molecule has 0 rings (SSSR count). The molecule has 0 bridgehead atoms. The van der Waals surface area contributed by atoms with Gasteiger partial charge >= 0.3 is 0 Å². The summed E-state index contributed by atoms with van der Waals surface area (Å²) >= 11 is 0. The Bertz CT molecular complexity index is 140. The summed E-state index contributed by atoms with van der Waals surface area (Å²) in [5, 5.41) is 8.54. The second-order valence-corrected chi connectivity index (χ2v) is 1.38. The van der Waals surface area contributed by atoms with Gasteiger partial charge in [-0.2, -0.15) is 0 Å². The smallest absolute Gasteiger partial charge is 0.112 e. The van der Waals surface area contributed by atoms with Crippen molar-refractivity contribution in [3.63, 3.8) is 0 Å². The third-order valence-electron chi connectivity index (χ3n) is 0.501. The van der Waals surface area contributed by atoms with Gasteiger partial charge in [0.25, 0.3) is 0 Å². The molecule has 0 amide bonds. The molecule has 0 aliphatic heterocycles. The van der Waals surface area contributed by atoms with Crippen molar-refractivity contribution in [2.75, 3.05) is 0 Å². The maximum absolute atomic E-state index is 8.54. The highest BCUT2D eigenvalue weighted by Gasteiger charge is 1.79. The molecule has 0 unspecified atom stereocenters. The van der Waals surface area contributed by atoms with Crippen molar-refractivity contribution >= 4 is 0 Å². The maximum atomic E-state index is 8.54. The zero-order chi connectivity index (χ0) is 6.41. The van der Waals surface area contributed by atoms with E-state index in [-0.39, 0.29) is 0 Å². The minimum absolute atomic E-state index is 0.422. The molecule has 0 aromatic rings. The first-order valence-electron chi connectivity index (χ1n) is 2.37. The van der Waals surface area contributed by atoms with E-state index < -0.39 is 6.10 Å². The summed E-state index contributed by atoms with van der Waals surface area (Å²) < 4.78 is 0. The molecule has 0 radical (unpaired) electrons. The molecule has 0 aliphatic rings. The first-order chi connectivity index (χ1) is 3.77. The molecule has 1 nitrogen and oxygen atoms in total. The fourth-order valence-corrected chi connectivity index (χ4v) is 0.250. The van der Waals surface area contributed by atoms with Crippen molar-refractivity contribution < 1.29 is 5.11 Å². The van der Waals surface area contributed by atoms with E-state index in [2.05, 4.69) is 17.8 Å². The van der Waals surface area contributed by atoms with Crippen LogP contribution in [0.4, 0.5) is 0 Å². The molecule has 1 heteroatoms. The normalized spacial score (nSPS) is 10.6. The third kappa shape index (κ3) is 5.08. The fourth-order valence-electron chi connectivity index (χ4n) is 0.250. The van der Waals surface area contributed by atoms with Crippen molar-refractivity contribution in [3.05, 3.63) is 0 Å². The van der Waals surface area contributed by atoms with Crippen LogP contribution >= 0.6 is 0 Å². The molecule has 0 spiro atoms. The van der Waals surface area contributed by atoms with Gasteiger partial charge in [0.15, 0.2) is 0 Å². The Morgan fingerprint density at radius 3 is 2.75 bits per heavy atom. The van der Waals surface area contributed by atoms with Crippen LogP contribution in [0, 0.1) is 24.2 Å². The minimum Gasteiger partial charge on any atom is -0.381 e. The number of terminal acetylenes is 1. The van der Waals surface area contributed by atoms with Crippen molar-refractivity contribution in [2.24, 2.45) is 0 Å². The minimum atomic E-state index is -0.552. The van der Waals surface area contributed by atoms with E-state index in [1.165, 1.54) is 0 Å². The van der Waals surface area contributed by atoms with E-state index in [0.29, 0.717) is 6.42 Å². The van der Waals surface area contributed by atoms with E-state index in [0.717, 1.165) is 0 Å². The summed E-state index contributed by atoms with van der Waals surface area (Å²) in [5.74, 6) is 7.45. The van der Waals surface area contributed by atoms with Gasteiger partial charge < -0.3 is 5.11 Å². The van der Waals surface area contributed by atoms with E-state index >= 15 is 0 Å². The van der Waals surface area contributed by atoms with E-state index in [4.69, 9.17) is 11.5 Å². The molecule has 8 heavy (non-hydrogen) atoms. The van der Waals surface area contributed by atoms with Gasteiger partial charge in [-0.1, -0.05) is 17.8 Å². The standard InChI is InChI=1S/C7H8O/c1-3-4-5-6-7(2)8/h1,7-8H,4H2,2H3/t7-/m1/s1. The van der Waals surface area contributed by atoms with Gasteiger partial charge in [-0.15, -0.1) is 6.42 Å². The van der Waals surface area contributed by atoms with Gasteiger partial charge in [0.2, 0.25) is 0 Å². The number of hydrogen-bond donors (Lipinski definition) is 1. The van der Waals surface area contributed by atoms with Crippen LogP contribution in [0.3, 0.4) is 0 Å². The zero-order valence-electron chi connectivity index (χ0n) is 4.81. The van der Waals surface area contributed by atoms with Crippen LogP contribution in [0.1, 0.15) is 13.3 Å². The third-order valence-corrected chi connectivity index (χ3v) is 0.501.